The number of hydrogen-bond donors (Lipinski definition) is 2. The summed E-state index contributed by atoms with van der Waals surface area (Å²) in [6.07, 6.45) is 6.30. The molecule has 2 aliphatic heterocycles. The van der Waals surface area contributed by atoms with Crippen LogP contribution in [0.3, 0.4) is 0 Å². The number of nitrogens with one attached hydrogen (secondary N) is 1. The van der Waals surface area contributed by atoms with Crippen molar-refractivity contribution in [1.82, 2.24) is 9.88 Å². The Morgan fingerprint density at radius 1 is 1.13 bits per heavy atom. The van der Waals surface area contributed by atoms with Gasteiger partial charge in [-0.1, -0.05) is 17.7 Å². The van der Waals surface area contributed by atoms with Crippen LogP contribution in [-0.4, -0.2) is 59.6 Å². The number of carbonyl (C=O) groups excluding carboxylic acids is 1. The summed E-state index contributed by atoms with van der Waals surface area (Å²) in [6, 6.07) is 8.75. The largest absolute Gasteiger partial charge is 0.478 e. The fourth-order valence-electron chi connectivity index (χ4n) is 4.58. The van der Waals surface area contributed by atoms with Gasteiger partial charge in [0.25, 0.3) is 5.91 Å². The van der Waals surface area contributed by atoms with Crippen LogP contribution < -0.4 is 10.2 Å². The summed E-state index contributed by atoms with van der Waals surface area (Å²) in [5, 5.41) is 12.6. The fourth-order valence-corrected chi connectivity index (χ4v) is 4.58. The first-order valence-corrected chi connectivity index (χ1v) is 11.1. The van der Waals surface area contributed by atoms with E-state index in [4.69, 9.17) is 0 Å². The molecule has 1 aromatic carbocycles. The molecule has 0 radical (unpaired) electrons. The van der Waals surface area contributed by atoms with Crippen LogP contribution in [0.4, 0.5) is 11.5 Å². The highest BCUT2D eigenvalue weighted by Crippen LogP contribution is 2.28. The Hall–Kier alpha value is -2.93. The molecule has 1 atom stereocenters. The van der Waals surface area contributed by atoms with Crippen molar-refractivity contribution in [2.24, 2.45) is 5.92 Å². The molecule has 3 heterocycles. The second-order valence-electron chi connectivity index (χ2n) is 8.68. The molecule has 0 spiro atoms. The summed E-state index contributed by atoms with van der Waals surface area (Å²) in [5.41, 5.74) is 2.11. The third kappa shape index (κ3) is 5.22. The van der Waals surface area contributed by atoms with Crippen LogP contribution in [0, 0.1) is 12.8 Å². The highest BCUT2D eigenvalue weighted by atomic mass is 16.4. The van der Waals surface area contributed by atoms with Crippen LogP contribution in [0.25, 0.3) is 0 Å². The molecule has 0 saturated carbocycles. The third-order valence-corrected chi connectivity index (χ3v) is 6.20. The van der Waals surface area contributed by atoms with Gasteiger partial charge >= 0.3 is 5.97 Å². The second-order valence-corrected chi connectivity index (χ2v) is 8.68. The SMILES string of the molecule is Cc1ccc(C(=O)Nc2cnc(N3CCC[C@@H](CN4CCCC4)C3)c(C(=O)O)c2)cc1. The van der Waals surface area contributed by atoms with Crippen molar-refractivity contribution < 1.29 is 14.7 Å². The number of rotatable bonds is 6. The van der Waals surface area contributed by atoms with Crippen LogP contribution in [0.5, 0.6) is 0 Å². The molecule has 2 aromatic rings. The van der Waals surface area contributed by atoms with Gasteiger partial charge in [0.05, 0.1) is 11.9 Å². The van der Waals surface area contributed by atoms with Crippen LogP contribution in [-0.2, 0) is 0 Å². The van der Waals surface area contributed by atoms with Gasteiger partial charge in [0, 0.05) is 25.2 Å². The van der Waals surface area contributed by atoms with Crippen molar-refractivity contribution in [3.8, 4) is 0 Å². The lowest BCUT2D eigenvalue weighted by Crippen LogP contribution is -2.41. The molecule has 0 bridgehead atoms. The Kier molecular flexibility index (Phi) is 6.51. The maximum Gasteiger partial charge on any atom is 0.339 e. The van der Waals surface area contributed by atoms with Crippen molar-refractivity contribution in [1.29, 1.82) is 0 Å². The molecule has 31 heavy (non-hydrogen) atoms. The molecule has 2 N–H and O–H groups in total. The van der Waals surface area contributed by atoms with E-state index in [1.807, 2.05) is 19.1 Å². The lowest BCUT2D eigenvalue weighted by molar-refractivity contribution is 0.0696. The average Bonchev–Trinajstić information content (AvgIpc) is 3.27. The number of carboxylic acids is 1. The molecular formula is C24H30N4O3. The number of likely N-dealkylation sites (tertiary alicyclic amines) is 1. The first kappa shape index (κ1) is 21.3. The van der Waals surface area contributed by atoms with E-state index in [0.29, 0.717) is 23.0 Å². The van der Waals surface area contributed by atoms with Gasteiger partial charge in [-0.3, -0.25) is 4.79 Å². The molecule has 7 heteroatoms. The van der Waals surface area contributed by atoms with E-state index >= 15 is 0 Å². The summed E-state index contributed by atoms with van der Waals surface area (Å²) < 4.78 is 0. The predicted octanol–water partition coefficient (Wildman–Crippen LogP) is 3.65. The van der Waals surface area contributed by atoms with Gasteiger partial charge < -0.3 is 20.2 Å². The quantitative estimate of drug-likeness (QED) is 0.739. The molecule has 0 unspecified atom stereocenters. The highest BCUT2D eigenvalue weighted by Gasteiger charge is 2.27. The summed E-state index contributed by atoms with van der Waals surface area (Å²) in [5.74, 6) is -0.298. The number of hydrogen-bond acceptors (Lipinski definition) is 5. The number of carboxylic acid groups (broad SMARTS) is 1. The topological polar surface area (TPSA) is 85.8 Å². The molecular weight excluding hydrogens is 392 g/mol. The van der Waals surface area contributed by atoms with E-state index in [0.717, 1.165) is 31.6 Å². The zero-order valence-electron chi connectivity index (χ0n) is 18.0. The first-order chi connectivity index (χ1) is 15.0. The normalized spacial score (nSPS) is 19.4. The Balaban J connectivity index is 1.48. The molecule has 7 nitrogen and oxygen atoms in total. The summed E-state index contributed by atoms with van der Waals surface area (Å²) in [7, 11) is 0. The predicted molar refractivity (Wildman–Crippen MR) is 121 cm³/mol. The summed E-state index contributed by atoms with van der Waals surface area (Å²) in [4.78, 5) is 33.6. The second kappa shape index (κ2) is 9.47. The third-order valence-electron chi connectivity index (χ3n) is 6.20. The average molecular weight is 423 g/mol. The highest BCUT2D eigenvalue weighted by molar-refractivity contribution is 6.05. The minimum atomic E-state index is -1.03. The number of amides is 1. The molecule has 164 valence electrons. The van der Waals surface area contributed by atoms with Crippen molar-refractivity contribution >= 4 is 23.4 Å². The van der Waals surface area contributed by atoms with Crippen molar-refractivity contribution in [3.05, 3.63) is 53.2 Å². The number of aryl methyl sites for hydroxylation is 1. The lowest BCUT2D eigenvalue weighted by atomic mass is 9.97. The molecule has 2 fully saturated rings. The van der Waals surface area contributed by atoms with Crippen LogP contribution in [0.15, 0.2) is 36.5 Å². The number of aromatic nitrogens is 1. The zero-order chi connectivity index (χ0) is 21.8. The summed E-state index contributed by atoms with van der Waals surface area (Å²) in [6.45, 7) is 7.00. The zero-order valence-corrected chi connectivity index (χ0v) is 18.0. The van der Waals surface area contributed by atoms with Crippen molar-refractivity contribution in [3.63, 3.8) is 0 Å². The molecule has 1 amide bonds. The number of nitrogens with zero attached hydrogens (tertiary/aromatic N) is 3. The molecule has 2 aliphatic rings. The maximum atomic E-state index is 12.5. The van der Waals surface area contributed by atoms with Gasteiger partial charge in [-0.25, -0.2) is 9.78 Å². The molecule has 2 saturated heterocycles. The number of carbonyl (C=O) groups is 2. The molecule has 0 aliphatic carbocycles. The van der Waals surface area contributed by atoms with Crippen molar-refractivity contribution in [2.75, 3.05) is 42.9 Å². The van der Waals surface area contributed by atoms with E-state index in [9.17, 15) is 14.7 Å². The minimum absolute atomic E-state index is 0.128. The van der Waals surface area contributed by atoms with Crippen LogP contribution in [0.1, 0.15) is 52.0 Å². The van der Waals surface area contributed by atoms with Crippen LogP contribution >= 0.6 is 0 Å². The van der Waals surface area contributed by atoms with Gasteiger partial charge in [0.1, 0.15) is 11.4 Å². The Bertz CT molecular complexity index is 938. The number of benzene rings is 1. The van der Waals surface area contributed by atoms with Gasteiger partial charge in [0.2, 0.25) is 0 Å². The van der Waals surface area contributed by atoms with E-state index in [1.54, 1.807) is 18.3 Å². The first-order valence-electron chi connectivity index (χ1n) is 11.1. The van der Waals surface area contributed by atoms with E-state index in [1.165, 1.54) is 38.4 Å². The fraction of sp³-hybridized carbons (Fsp3) is 0.458. The lowest BCUT2D eigenvalue weighted by Gasteiger charge is -2.36. The smallest absolute Gasteiger partial charge is 0.339 e. The Morgan fingerprint density at radius 3 is 2.58 bits per heavy atom. The Morgan fingerprint density at radius 2 is 1.87 bits per heavy atom. The van der Waals surface area contributed by atoms with E-state index in [-0.39, 0.29) is 11.5 Å². The van der Waals surface area contributed by atoms with E-state index < -0.39 is 5.97 Å². The molecule has 1 aromatic heterocycles. The van der Waals surface area contributed by atoms with Crippen molar-refractivity contribution in [2.45, 2.75) is 32.6 Å². The van der Waals surface area contributed by atoms with Gasteiger partial charge in [-0.15, -0.1) is 0 Å². The minimum Gasteiger partial charge on any atom is -0.478 e. The number of anilines is 2. The van der Waals surface area contributed by atoms with Gasteiger partial charge in [0.15, 0.2) is 0 Å². The monoisotopic (exact) mass is 422 g/mol. The van der Waals surface area contributed by atoms with E-state index in [2.05, 4.69) is 20.1 Å². The maximum absolute atomic E-state index is 12.5. The number of pyridine rings is 1. The standard InChI is InChI=1S/C24H30N4O3/c1-17-6-8-19(9-7-17)23(29)26-20-13-21(24(30)31)22(25-14-20)28-12-4-5-18(16-28)15-27-10-2-3-11-27/h6-9,13-14,18H,2-5,10-12,15-16H2,1H3,(H,26,29)(H,30,31)/t18-/m0/s1. The van der Waals surface area contributed by atoms with Gasteiger partial charge in [-0.05, 0) is 69.8 Å². The number of piperidine rings is 1. The molecule has 4 rings (SSSR count). The summed E-state index contributed by atoms with van der Waals surface area (Å²) >= 11 is 0. The number of aromatic carboxylic acids is 1. The Labute approximate surface area is 183 Å². The van der Waals surface area contributed by atoms with Gasteiger partial charge in [-0.2, -0.15) is 0 Å². The van der Waals surface area contributed by atoms with Crippen LogP contribution in [0.2, 0.25) is 0 Å².